The molecule has 15 heavy (non-hydrogen) atoms. The summed E-state index contributed by atoms with van der Waals surface area (Å²) in [6, 6.07) is 0. The summed E-state index contributed by atoms with van der Waals surface area (Å²) in [5, 5.41) is 33.5. The summed E-state index contributed by atoms with van der Waals surface area (Å²) in [6.07, 6.45) is -3.82. The third-order valence-corrected chi connectivity index (χ3v) is 2.74. The van der Waals surface area contributed by atoms with Crippen LogP contribution in [0.2, 0.25) is 0 Å². The quantitative estimate of drug-likeness (QED) is 0.312. The van der Waals surface area contributed by atoms with Crippen LogP contribution in [-0.2, 0) is 9.53 Å². The maximum atomic E-state index is 10.9. The average Bonchev–Trinajstić information content (AvgIpc) is 2.85. The van der Waals surface area contributed by atoms with Gasteiger partial charge in [0.15, 0.2) is 5.66 Å². The van der Waals surface area contributed by atoms with Gasteiger partial charge in [-0.2, -0.15) is 0 Å². The van der Waals surface area contributed by atoms with E-state index in [9.17, 15) is 15.0 Å². The summed E-state index contributed by atoms with van der Waals surface area (Å²) >= 11 is 0. The van der Waals surface area contributed by atoms with E-state index in [1.165, 1.54) is 6.92 Å². The van der Waals surface area contributed by atoms with Crippen LogP contribution in [0.15, 0.2) is 0 Å². The number of nitrogens with one attached hydrogen (secondary N) is 2. The van der Waals surface area contributed by atoms with E-state index in [0.29, 0.717) is 0 Å². The molecule has 0 aromatic heterocycles. The second-order valence-electron chi connectivity index (χ2n) is 3.87. The standard InChI is InChI=1S/C8H14N2O5/c1-3(12)9-8-6(14)5(13)4(2-11)15-7(8)10-8/h4-7,10-11,13-14H,2H2,1H3,(H,9,12)/t4-,5-,6+,7+,8+/m1/s1. The molecule has 5 N–H and O–H groups in total. The summed E-state index contributed by atoms with van der Waals surface area (Å²) in [6.45, 7) is 0.926. The molecule has 7 heteroatoms. The summed E-state index contributed by atoms with van der Waals surface area (Å²) in [4.78, 5) is 10.9. The van der Waals surface area contributed by atoms with E-state index in [1.54, 1.807) is 0 Å². The zero-order chi connectivity index (χ0) is 11.2. The lowest BCUT2D eigenvalue weighted by Crippen LogP contribution is -2.61. The van der Waals surface area contributed by atoms with Gasteiger partial charge in [-0.05, 0) is 0 Å². The van der Waals surface area contributed by atoms with Gasteiger partial charge >= 0.3 is 0 Å². The van der Waals surface area contributed by atoms with Crippen LogP contribution in [0, 0.1) is 0 Å². The molecule has 7 nitrogen and oxygen atoms in total. The van der Waals surface area contributed by atoms with Crippen molar-refractivity contribution in [3.05, 3.63) is 0 Å². The number of fused-ring (bicyclic) bond motifs is 1. The molecule has 2 aliphatic heterocycles. The number of amides is 1. The lowest BCUT2D eigenvalue weighted by molar-refractivity contribution is -0.165. The molecule has 0 aliphatic carbocycles. The fourth-order valence-corrected chi connectivity index (χ4v) is 1.90. The van der Waals surface area contributed by atoms with Crippen molar-refractivity contribution in [2.75, 3.05) is 6.61 Å². The molecule has 2 fully saturated rings. The molecule has 2 saturated heterocycles. The van der Waals surface area contributed by atoms with Crippen molar-refractivity contribution in [3.63, 3.8) is 0 Å². The highest BCUT2D eigenvalue weighted by Crippen LogP contribution is 2.37. The molecule has 0 unspecified atom stereocenters. The fraction of sp³-hybridized carbons (Fsp3) is 0.875. The summed E-state index contributed by atoms with van der Waals surface area (Å²) in [7, 11) is 0. The van der Waals surface area contributed by atoms with Crippen LogP contribution in [0.3, 0.4) is 0 Å². The summed E-state index contributed by atoms with van der Waals surface area (Å²) in [5.74, 6) is -0.331. The Hall–Kier alpha value is -0.730. The van der Waals surface area contributed by atoms with Gasteiger partial charge in [-0.15, -0.1) is 0 Å². The van der Waals surface area contributed by atoms with Crippen molar-refractivity contribution >= 4 is 5.91 Å². The Morgan fingerprint density at radius 1 is 1.60 bits per heavy atom. The number of hydrogen-bond donors (Lipinski definition) is 5. The lowest BCUT2D eigenvalue weighted by atomic mass is 9.97. The zero-order valence-electron chi connectivity index (χ0n) is 8.17. The van der Waals surface area contributed by atoms with Crippen LogP contribution in [0.1, 0.15) is 6.92 Å². The van der Waals surface area contributed by atoms with Crippen LogP contribution < -0.4 is 10.6 Å². The molecule has 2 heterocycles. The minimum atomic E-state index is -1.23. The second kappa shape index (κ2) is 3.39. The molecule has 0 radical (unpaired) electrons. The SMILES string of the molecule is CC(=O)N[C@@]12N[C@H]1O[C@H](CO)[C@@H](O)[C@@H]2O. The predicted octanol–water partition coefficient (Wildman–Crippen LogP) is -3.14. The Morgan fingerprint density at radius 2 is 2.27 bits per heavy atom. The Bertz CT molecular complexity index is 286. The lowest BCUT2D eigenvalue weighted by Gasteiger charge is -2.35. The number of carbonyl (C=O) groups is 1. The second-order valence-corrected chi connectivity index (χ2v) is 3.87. The molecular formula is C8H14N2O5. The van der Waals surface area contributed by atoms with Gasteiger partial charge < -0.3 is 25.4 Å². The van der Waals surface area contributed by atoms with E-state index in [0.717, 1.165) is 0 Å². The third-order valence-electron chi connectivity index (χ3n) is 2.74. The Morgan fingerprint density at radius 3 is 2.80 bits per heavy atom. The topological polar surface area (TPSA) is 121 Å². The number of hydrogen-bond acceptors (Lipinski definition) is 6. The third kappa shape index (κ3) is 1.52. The summed E-state index contributed by atoms with van der Waals surface area (Å²) in [5.41, 5.74) is -1.10. The first-order valence-electron chi connectivity index (χ1n) is 4.70. The molecule has 0 bridgehead atoms. The average molecular weight is 218 g/mol. The maximum Gasteiger partial charge on any atom is 0.218 e. The van der Waals surface area contributed by atoms with Crippen molar-refractivity contribution in [2.45, 2.75) is 37.1 Å². The van der Waals surface area contributed by atoms with Gasteiger partial charge in [0.25, 0.3) is 0 Å². The highest BCUT2D eigenvalue weighted by Gasteiger charge is 2.67. The molecule has 0 aromatic rings. The van der Waals surface area contributed by atoms with Gasteiger partial charge in [-0.25, -0.2) is 0 Å². The van der Waals surface area contributed by atoms with Crippen LogP contribution in [0.5, 0.6) is 0 Å². The molecule has 5 atom stereocenters. The van der Waals surface area contributed by atoms with Gasteiger partial charge in [-0.1, -0.05) is 0 Å². The van der Waals surface area contributed by atoms with Gasteiger partial charge in [0.2, 0.25) is 5.91 Å². The maximum absolute atomic E-state index is 10.9. The number of aliphatic hydroxyl groups is 3. The van der Waals surface area contributed by atoms with E-state index < -0.39 is 30.2 Å². The number of ether oxygens (including phenoxy) is 1. The van der Waals surface area contributed by atoms with Crippen molar-refractivity contribution in [1.29, 1.82) is 0 Å². The van der Waals surface area contributed by atoms with Gasteiger partial charge in [0, 0.05) is 6.92 Å². The number of carbonyl (C=O) groups excluding carboxylic acids is 1. The van der Waals surface area contributed by atoms with Crippen molar-refractivity contribution in [3.8, 4) is 0 Å². The predicted molar refractivity (Wildman–Crippen MR) is 47.4 cm³/mol. The molecule has 1 amide bonds. The first kappa shape index (κ1) is 10.8. The first-order chi connectivity index (χ1) is 7.01. The van der Waals surface area contributed by atoms with Gasteiger partial charge in [-0.3, -0.25) is 10.1 Å². The van der Waals surface area contributed by atoms with E-state index in [-0.39, 0.29) is 12.5 Å². The molecule has 2 rings (SSSR count). The van der Waals surface area contributed by atoms with E-state index in [2.05, 4.69) is 10.6 Å². The highest BCUT2D eigenvalue weighted by molar-refractivity contribution is 5.74. The molecule has 2 aliphatic rings. The minimum Gasteiger partial charge on any atom is -0.394 e. The van der Waals surface area contributed by atoms with Crippen molar-refractivity contribution < 1.29 is 24.9 Å². The molecule has 0 spiro atoms. The molecule has 86 valence electrons. The van der Waals surface area contributed by atoms with Gasteiger partial charge in [0.05, 0.1) is 6.61 Å². The largest absolute Gasteiger partial charge is 0.394 e. The van der Waals surface area contributed by atoms with Crippen LogP contribution in [0.25, 0.3) is 0 Å². The van der Waals surface area contributed by atoms with E-state index >= 15 is 0 Å². The zero-order valence-corrected chi connectivity index (χ0v) is 8.17. The highest BCUT2D eigenvalue weighted by atomic mass is 16.6. The molecule has 0 saturated carbocycles. The Labute approximate surface area is 86.0 Å². The first-order valence-corrected chi connectivity index (χ1v) is 4.70. The fourth-order valence-electron chi connectivity index (χ4n) is 1.90. The van der Waals surface area contributed by atoms with Gasteiger partial charge in [0.1, 0.15) is 24.5 Å². The molecular weight excluding hydrogens is 204 g/mol. The summed E-state index contributed by atoms with van der Waals surface area (Å²) < 4.78 is 5.21. The smallest absolute Gasteiger partial charge is 0.218 e. The Balaban J connectivity index is 2.11. The minimum absolute atomic E-state index is 0.331. The van der Waals surface area contributed by atoms with Crippen LogP contribution in [-0.4, -0.2) is 58.0 Å². The van der Waals surface area contributed by atoms with Crippen LogP contribution in [0.4, 0.5) is 0 Å². The monoisotopic (exact) mass is 218 g/mol. The van der Waals surface area contributed by atoms with Crippen LogP contribution >= 0.6 is 0 Å². The normalized spacial score (nSPS) is 48.3. The molecule has 0 aromatic carbocycles. The number of rotatable bonds is 2. The van der Waals surface area contributed by atoms with E-state index in [1.807, 2.05) is 0 Å². The van der Waals surface area contributed by atoms with Crippen molar-refractivity contribution in [2.24, 2.45) is 0 Å². The number of aliphatic hydroxyl groups excluding tert-OH is 3. The van der Waals surface area contributed by atoms with E-state index in [4.69, 9.17) is 9.84 Å². The van der Waals surface area contributed by atoms with Crippen molar-refractivity contribution in [1.82, 2.24) is 10.6 Å². The Kier molecular flexibility index (Phi) is 2.44.